The molecule has 0 atom stereocenters. The van der Waals surface area contributed by atoms with E-state index in [4.69, 9.17) is 4.74 Å². The number of hydrogen-bond acceptors (Lipinski definition) is 2. The minimum atomic E-state index is -0.787. The van der Waals surface area contributed by atoms with Gasteiger partial charge in [-0.25, -0.2) is 8.78 Å². The van der Waals surface area contributed by atoms with E-state index in [2.05, 4.69) is 10.3 Å². The van der Waals surface area contributed by atoms with Gasteiger partial charge >= 0.3 is 0 Å². The smallest absolute Gasteiger partial charge is 0.235 e. The molecule has 25 heavy (non-hydrogen) atoms. The minimum absolute atomic E-state index is 0.403. The molecular formula is C19H16F2N2O2. The number of benzene rings is 2. The van der Waals surface area contributed by atoms with E-state index in [0.29, 0.717) is 18.6 Å². The largest absolute Gasteiger partial charge is 0.497 e. The molecule has 4 nitrogen and oxygen atoms in total. The highest BCUT2D eigenvalue weighted by Crippen LogP contribution is 2.51. The molecule has 0 aliphatic heterocycles. The number of H-pyrrole nitrogens is 1. The molecule has 0 bridgehead atoms. The van der Waals surface area contributed by atoms with Gasteiger partial charge in [-0.3, -0.25) is 4.79 Å². The first-order valence-corrected chi connectivity index (χ1v) is 7.96. The summed E-state index contributed by atoms with van der Waals surface area (Å²) in [6.07, 6.45) is 3.03. The standard InChI is InChI=1S/C19H16F2N2O2/c1-25-11-5-6-16-12(9-11)13(10-22-16)19(7-8-19)18(24)23-17-14(20)3-2-4-15(17)21/h2-6,9-10,22H,7-8H2,1H3,(H,23,24). The Kier molecular flexibility index (Phi) is 3.49. The van der Waals surface area contributed by atoms with Gasteiger partial charge in [0, 0.05) is 17.1 Å². The third kappa shape index (κ3) is 2.45. The number of methoxy groups -OCH3 is 1. The fourth-order valence-corrected chi connectivity index (χ4v) is 3.22. The van der Waals surface area contributed by atoms with E-state index >= 15 is 0 Å². The maximum absolute atomic E-state index is 13.8. The summed E-state index contributed by atoms with van der Waals surface area (Å²) in [5, 5.41) is 3.30. The molecular weight excluding hydrogens is 326 g/mol. The highest BCUT2D eigenvalue weighted by Gasteiger charge is 2.52. The molecule has 0 spiro atoms. The molecule has 1 amide bonds. The zero-order valence-electron chi connectivity index (χ0n) is 13.5. The van der Waals surface area contributed by atoms with E-state index in [9.17, 15) is 13.6 Å². The van der Waals surface area contributed by atoms with Crippen LogP contribution < -0.4 is 10.1 Å². The van der Waals surface area contributed by atoms with Crippen molar-refractivity contribution < 1.29 is 18.3 Å². The first-order chi connectivity index (χ1) is 12.0. The molecule has 0 unspecified atom stereocenters. The van der Waals surface area contributed by atoms with Crippen LogP contribution in [-0.2, 0) is 10.2 Å². The number of nitrogens with one attached hydrogen (secondary N) is 2. The lowest BCUT2D eigenvalue weighted by Gasteiger charge is -2.16. The fraction of sp³-hybridized carbons (Fsp3) is 0.211. The lowest BCUT2D eigenvalue weighted by Crippen LogP contribution is -2.28. The zero-order chi connectivity index (χ0) is 17.6. The first kappa shape index (κ1) is 15.6. The normalized spacial score (nSPS) is 15.2. The molecule has 0 radical (unpaired) electrons. The summed E-state index contributed by atoms with van der Waals surface area (Å²) in [5.74, 6) is -1.29. The molecule has 2 aromatic carbocycles. The summed E-state index contributed by atoms with van der Waals surface area (Å²) >= 11 is 0. The lowest BCUT2D eigenvalue weighted by atomic mass is 9.94. The van der Waals surface area contributed by atoms with Crippen molar-refractivity contribution in [1.29, 1.82) is 0 Å². The maximum atomic E-state index is 13.8. The number of halogens is 2. The average Bonchev–Trinajstić information content (AvgIpc) is 3.31. The molecule has 1 aliphatic carbocycles. The first-order valence-electron chi connectivity index (χ1n) is 7.96. The number of carbonyl (C=O) groups is 1. The van der Waals surface area contributed by atoms with Gasteiger partial charge in [-0.1, -0.05) is 6.07 Å². The summed E-state index contributed by atoms with van der Waals surface area (Å²) in [5.41, 5.74) is 0.512. The number of fused-ring (bicyclic) bond motifs is 1. The Bertz CT molecular complexity index is 956. The van der Waals surface area contributed by atoms with Crippen LogP contribution in [-0.4, -0.2) is 18.0 Å². The molecule has 6 heteroatoms. The van der Waals surface area contributed by atoms with Crippen LogP contribution in [0.4, 0.5) is 14.5 Å². The molecule has 0 saturated heterocycles. The van der Waals surface area contributed by atoms with Gasteiger partial charge in [0.05, 0.1) is 12.5 Å². The average molecular weight is 342 g/mol. The number of hydrogen-bond donors (Lipinski definition) is 2. The number of anilines is 1. The van der Waals surface area contributed by atoms with Crippen LogP contribution in [0.5, 0.6) is 5.75 Å². The second-order valence-corrected chi connectivity index (χ2v) is 6.25. The summed E-state index contributed by atoms with van der Waals surface area (Å²) < 4.78 is 32.9. The summed E-state index contributed by atoms with van der Waals surface area (Å²) in [6.45, 7) is 0. The van der Waals surface area contributed by atoms with Crippen LogP contribution in [0, 0.1) is 11.6 Å². The molecule has 128 valence electrons. The molecule has 1 fully saturated rings. The Morgan fingerprint density at radius 3 is 2.56 bits per heavy atom. The molecule has 1 aliphatic rings. The quantitative estimate of drug-likeness (QED) is 0.749. The van der Waals surface area contributed by atoms with Gasteiger partial charge in [-0.2, -0.15) is 0 Å². The van der Waals surface area contributed by atoms with Crippen LogP contribution >= 0.6 is 0 Å². The van der Waals surface area contributed by atoms with Gasteiger partial charge < -0.3 is 15.0 Å². The number of ether oxygens (including phenoxy) is 1. The van der Waals surface area contributed by atoms with E-state index in [0.717, 1.165) is 28.6 Å². The highest BCUT2D eigenvalue weighted by atomic mass is 19.1. The number of rotatable bonds is 4. The summed E-state index contributed by atoms with van der Waals surface area (Å²) in [4.78, 5) is 16.0. The van der Waals surface area contributed by atoms with Crippen LogP contribution in [0.25, 0.3) is 10.9 Å². The Morgan fingerprint density at radius 2 is 1.92 bits per heavy atom. The van der Waals surface area contributed by atoms with Crippen molar-refractivity contribution in [2.75, 3.05) is 12.4 Å². The number of aromatic nitrogens is 1. The molecule has 3 aromatic rings. The Balaban J connectivity index is 1.72. The van der Waals surface area contributed by atoms with Crippen LogP contribution in [0.15, 0.2) is 42.6 Å². The van der Waals surface area contributed by atoms with Gasteiger partial charge in [-0.05, 0) is 48.7 Å². The van der Waals surface area contributed by atoms with Gasteiger partial charge in [0.15, 0.2) is 0 Å². The van der Waals surface area contributed by atoms with E-state index in [-0.39, 0.29) is 0 Å². The minimum Gasteiger partial charge on any atom is -0.497 e. The zero-order valence-corrected chi connectivity index (χ0v) is 13.5. The maximum Gasteiger partial charge on any atom is 0.235 e. The monoisotopic (exact) mass is 342 g/mol. The van der Waals surface area contributed by atoms with E-state index in [1.54, 1.807) is 13.3 Å². The third-order valence-electron chi connectivity index (χ3n) is 4.79. The van der Waals surface area contributed by atoms with E-state index < -0.39 is 28.6 Å². The third-order valence-corrected chi connectivity index (χ3v) is 4.79. The van der Waals surface area contributed by atoms with Crippen molar-refractivity contribution in [3.8, 4) is 5.75 Å². The van der Waals surface area contributed by atoms with Crippen molar-refractivity contribution in [1.82, 2.24) is 4.98 Å². The Labute approximate surface area is 142 Å². The topological polar surface area (TPSA) is 54.1 Å². The van der Waals surface area contributed by atoms with Crippen molar-refractivity contribution >= 4 is 22.5 Å². The van der Waals surface area contributed by atoms with Crippen molar-refractivity contribution in [2.24, 2.45) is 0 Å². The van der Waals surface area contributed by atoms with E-state index in [1.807, 2.05) is 18.2 Å². The summed E-state index contributed by atoms with van der Waals surface area (Å²) in [6, 6.07) is 9.07. The molecule has 1 saturated carbocycles. The van der Waals surface area contributed by atoms with Gasteiger partial charge in [0.25, 0.3) is 0 Å². The Morgan fingerprint density at radius 1 is 1.20 bits per heavy atom. The van der Waals surface area contributed by atoms with Crippen molar-refractivity contribution in [2.45, 2.75) is 18.3 Å². The van der Waals surface area contributed by atoms with Crippen LogP contribution in [0.1, 0.15) is 18.4 Å². The molecule has 2 N–H and O–H groups in total. The number of para-hydroxylation sites is 1. The predicted molar refractivity (Wildman–Crippen MR) is 90.8 cm³/mol. The molecule has 1 aromatic heterocycles. The predicted octanol–water partition coefficient (Wildman–Crippen LogP) is 4.13. The van der Waals surface area contributed by atoms with Crippen molar-refractivity contribution in [3.05, 3.63) is 59.8 Å². The fourth-order valence-electron chi connectivity index (χ4n) is 3.22. The number of carbonyl (C=O) groups excluding carboxylic acids is 1. The van der Waals surface area contributed by atoms with Crippen LogP contribution in [0.3, 0.4) is 0 Å². The van der Waals surface area contributed by atoms with Crippen molar-refractivity contribution in [3.63, 3.8) is 0 Å². The van der Waals surface area contributed by atoms with Crippen LogP contribution in [0.2, 0.25) is 0 Å². The van der Waals surface area contributed by atoms with Gasteiger partial charge in [-0.15, -0.1) is 0 Å². The molecule has 4 rings (SSSR count). The second kappa shape index (κ2) is 5.58. The van der Waals surface area contributed by atoms with Gasteiger partial charge in [0.2, 0.25) is 5.91 Å². The lowest BCUT2D eigenvalue weighted by molar-refractivity contribution is -0.118. The van der Waals surface area contributed by atoms with Gasteiger partial charge in [0.1, 0.15) is 23.1 Å². The Hall–Kier alpha value is -2.89. The second-order valence-electron chi connectivity index (χ2n) is 6.25. The summed E-state index contributed by atoms with van der Waals surface area (Å²) in [7, 11) is 1.58. The SMILES string of the molecule is COc1ccc2[nH]cc(C3(C(=O)Nc4c(F)cccc4F)CC3)c2c1. The van der Waals surface area contributed by atoms with E-state index in [1.165, 1.54) is 6.07 Å². The number of amides is 1. The highest BCUT2D eigenvalue weighted by molar-refractivity contribution is 6.04. The molecule has 1 heterocycles. The number of aromatic amines is 1.